The van der Waals surface area contributed by atoms with Crippen LogP contribution in [0.4, 0.5) is 10.1 Å². The van der Waals surface area contributed by atoms with Crippen molar-refractivity contribution in [3.8, 4) is 0 Å². The van der Waals surface area contributed by atoms with Crippen LogP contribution < -0.4 is 11.1 Å². The summed E-state index contributed by atoms with van der Waals surface area (Å²) in [5, 5.41) is 2.69. The molecule has 5 nitrogen and oxygen atoms in total. The number of amides is 1. The molecule has 1 atom stereocenters. The summed E-state index contributed by atoms with van der Waals surface area (Å²) in [6, 6.07) is 5.78. The molecule has 1 aromatic carbocycles. The summed E-state index contributed by atoms with van der Waals surface area (Å²) >= 11 is 0. The molecule has 0 aromatic heterocycles. The quantitative estimate of drug-likeness (QED) is 0.854. The molecule has 7 heteroatoms. The number of nitrogens with two attached hydrogens (primary N) is 1. The van der Waals surface area contributed by atoms with Crippen LogP contribution in [0.5, 0.6) is 0 Å². The molecule has 1 amide bonds. The molecule has 1 unspecified atom stereocenters. The van der Waals surface area contributed by atoms with Gasteiger partial charge in [-0.3, -0.25) is 4.79 Å². The predicted octanol–water partition coefficient (Wildman–Crippen LogP) is 0.670. The highest BCUT2D eigenvalue weighted by Crippen LogP contribution is 2.28. The summed E-state index contributed by atoms with van der Waals surface area (Å²) in [5.74, 6) is -1.70. The number of hydrogen-bond donors (Lipinski definition) is 2. The number of sulfone groups is 1. The van der Waals surface area contributed by atoms with E-state index >= 15 is 0 Å². The van der Waals surface area contributed by atoms with E-state index in [4.69, 9.17) is 5.73 Å². The molecule has 1 saturated heterocycles. The summed E-state index contributed by atoms with van der Waals surface area (Å²) < 4.78 is 37.0. The van der Waals surface area contributed by atoms with Crippen LogP contribution in [0.3, 0.4) is 0 Å². The van der Waals surface area contributed by atoms with Gasteiger partial charge in [0.05, 0.1) is 17.2 Å². The van der Waals surface area contributed by atoms with Crippen molar-refractivity contribution >= 4 is 21.4 Å². The van der Waals surface area contributed by atoms with Gasteiger partial charge in [-0.15, -0.1) is 0 Å². The summed E-state index contributed by atoms with van der Waals surface area (Å²) in [7, 11) is -3.35. The fourth-order valence-electron chi connectivity index (χ4n) is 2.29. The normalized spacial score (nSPS) is 25.7. The van der Waals surface area contributed by atoms with Gasteiger partial charge in [0.25, 0.3) is 0 Å². The van der Waals surface area contributed by atoms with Crippen LogP contribution in [-0.4, -0.2) is 31.4 Å². The number of carbonyl (C=O) groups is 1. The largest absolute Gasteiger partial charge is 0.368 e. The van der Waals surface area contributed by atoms with Gasteiger partial charge >= 0.3 is 0 Å². The van der Waals surface area contributed by atoms with Crippen molar-refractivity contribution in [3.63, 3.8) is 0 Å². The number of nitrogens with one attached hydrogen (secondary N) is 1. The molecule has 19 heavy (non-hydrogen) atoms. The third kappa shape index (κ3) is 2.86. The van der Waals surface area contributed by atoms with E-state index in [0.29, 0.717) is 6.42 Å². The molecule has 0 aliphatic carbocycles. The second-order valence-corrected chi connectivity index (χ2v) is 6.93. The zero-order valence-electron chi connectivity index (χ0n) is 10.2. The Morgan fingerprint density at radius 3 is 2.63 bits per heavy atom. The van der Waals surface area contributed by atoms with Crippen molar-refractivity contribution in [2.75, 3.05) is 16.8 Å². The summed E-state index contributed by atoms with van der Waals surface area (Å²) in [6.07, 6.45) is 0.600. The van der Waals surface area contributed by atoms with Gasteiger partial charge in [0.1, 0.15) is 11.4 Å². The maximum absolute atomic E-state index is 13.6. The summed E-state index contributed by atoms with van der Waals surface area (Å²) in [6.45, 7) is 0. The Hall–Kier alpha value is -1.63. The Morgan fingerprint density at radius 2 is 2.05 bits per heavy atom. The van der Waals surface area contributed by atoms with E-state index in [1.54, 1.807) is 6.07 Å². The molecule has 1 aromatic rings. The summed E-state index contributed by atoms with van der Waals surface area (Å²) in [5.41, 5.74) is 3.98. The number of rotatable bonds is 3. The fraction of sp³-hybridized carbons (Fsp3) is 0.417. The Balaban J connectivity index is 2.36. The number of benzene rings is 1. The molecule has 0 spiro atoms. The van der Waals surface area contributed by atoms with Crippen LogP contribution >= 0.6 is 0 Å². The molecular weight excluding hydrogens is 271 g/mol. The van der Waals surface area contributed by atoms with Crippen molar-refractivity contribution < 1.29 is 17.6 Å². The Labute approximate surface area is 110 Å². The van der Waals surface area contributed by atoms with Crippen LogP contribution in [0.15, 0.2) is 24.3 Å². The Kier molecular flexibility index (Phi) is 3.49. The van der Waals surface area contributed by atoms with E-state index in [9.17, 15) is 17.6 Å². The van der Waals surface area contributed by atoms with Gasteiger partial charge in [-0.25, -0.2) is 12.8 Å². The molecular formula is C12H15FN2O3S. The van der Waals surface area contributed by atoms with E-state index in [2.05, 4.69) is 5.32 Å². The second kappa shape index (κ2) is 4.80. The molecule has 1 aliphatic heterocycles. The van der Waals surface area contributed by atoms with Crippen molar-refractivity contribution in [1.29, 1.82) is 0 Å². The first-order chi connectivity index (χ1) is 8.85. The van der Waals surface area contributed by atoms with Gasteiger partial charge in [-0.1, -0.05) is 12.1 Å². The van der Waals surface area contributed by atoms with Crippen molar-refractivity contribution in [2.24, 2.45) is 5.73 Å². The van der Waals surface area contributed by atoms with Crippen LogP contribution in [0.25, 0.3) is 0 Å². The minimum atomic E-state index is -3.35. The number of carbonyl (C=O) groups excluding carboxylic acids is 1. The smallest absolute Gasteiger partial charge is 0.244 e. The average Bonchev–Trinajstić information content (AvgIpc) is 2.30. The lowest BCUT2D eigenvalue weighted by molar-refractivity contribution is -0.122. The predicted molar refractivity (Wildman–Crippen MR) is 69.8 cm³/mol. The first-order valence-electron chi connectivity index (χ1n) is 5.88. The number of primary amides is 1. The fourth-order valence-corrected chi connectivity index (χ4v) is 4.13. The van der Waals surface area contributed by atoms with Crippen LogP contribution in [0, 0.1) is 5.82 Å². The summed E-state index contributed by atoms with van der Waals surface area (Å²) in [4.78, 5) is 11.7. The van der Waals surface area contributed by atoms with Crippen LogP contribution in [0.1, 0.15) is 12.8 Å². The van der Waals surface area contributed by atoms with Crippen molar-refractivity contribution in [3.05, 3.63) is 30.1 Å². The maximum Gasteiger partial charge on any atom is 0.244 e. The number of anilines is 1. The number of para-hydroxylation sites is 1. The van der Waals surface area contributed by atoms with Gasteiger partial charge in [-0.05, 0) is 25.0 Å². The minimum absolute atomic E-state index is 0.0288. The second-order valence-electron chi connectivity index (χ2n) is 4.75. The van der Waals surface area contributed by atoms with Crippen molar-refractivity contribution in [2.45, 2.75) is 18.4 Å². The average molecular weight is 286 g/mol. The third-order valence-electron chi connectivity index (χ3n) is 3.24. The molecule has 0 radical (unpaired) electrons. The number of halogens is 1. The monoisotopic (exact) mass is 286 g/mol. The third-order valence-corrected chi connectivity index (χ3v) is 5.09. The minimum Gasteiger partial charge on any atom is -0.368 e. The zero-order valence-corrected chi connectivity index (χ0v) is 11.0. The first kappa shape index (κ1) is 13.8. The van der Waals surface area contributed by atoms with Gasteiger partial charge in [0.15, 0.2) is 9.84 Å². The first-order valence-corrected chi connectivity index (χ1v) is 7.70. The highest BCUT2D eigenvalue weighted by molar-refractivity contribution is 7.91. The Morgan fingerprint density at radius 1 is 1.37 bits per heavy atom. The lowest BCUT2D eigenvalue weighted by Crippen LogP contribution is -2.57. The lowest BCUT2D eigenvalue weighted by atomic mass is 9.94. The van der Waals surface area contributed by atoms with Gasteiger partial charge in [0.2, 0.25) is 5.91 Å². The molecule has 2 rings (SSSR count). The molecule has 0 saturated carbocycles. The van der Waals surface area contributed by atoms with Gasteiger partial charge in [0, 0.05) is 0 Å². The van der Waals surface area contributed by atoms with E-state index in [1.165, 1.54) is 18.2 Å². The molecule has 104 valence electrons. The molecule has 1 aliphatic rings. The van der Waals surface area contributed by atoms with E-state index in [1.807, 2.05) is 0 Å². The van der Waals surface area contributed by atoms with Crippen LogP contribution in [0.2, 0.25) is 0 Å². The maximum atomic E-state index is 13.6. The van der Waals surface area contributed by atoms with Crippen LogP contribution in [-0.2, 0) is 14.6 Å². The van der Waals surface area contributed by atoms with Crippen molar-refractivity contribution in [1.82, 2.24) is 0 Å². The lowest BCUT2D eigenvalue weighted by Gasteiger charge is -2.35. The standard InChI is InChI=1S/C12H15FN2O3S/c13-9-4-1-2-5-10(9)15-12(11(14)16)6-3-7-19(17,18)8-12/h1-2,4-5,15H,3,6-8H2,(H2,14,16). The topological polar surface area (TPSA) is 89.3 Å². The van der Waals surface area contributed by atoms with Gasteiger partial charge in [-0.2, -0.15) is 0 Å². The highest BCUT2D eigenvalue weighted by Gasteiger charge is 2.44. The zero-order chi connectivity index (χ0) is 14.1. The van der Waals surface area contributed by atoms with E-state index < -0.39 is 32.9 Å². The number of hydrogen-bond acceptors (Lipinski definition) is 4. The molecule has 1 fully saturated rings. The van der Waals surface area contributed by atoms with Gasteiger partial charge < -0.3 is 11.1 Å². The highest BCUT2D eigenvalue weighted by atomic mass is 32.2. The molecule has 3 N–H and O–H groups in total. The van der Waals surface area contributed by atoms with E-state index in [-0.39, 0.29) is 17.9 Å². The SMILES string of the molecule is NC(=O)C1(Nc2ccccc2F)CCCS(=O)(=O)C1. The molecule has 1 heterocycles. The van der Waals surface area contributed by atoms with E-state index in [0.717, 1.165) is 0 Å². The molecule has 0 bridgehead atoms. The Bertz CT molecular complexity index is 603.